The lowest BCUT2D eigenvalue weighted by molar-refractivity contribution is 0.102. The fourth-order valence-electron chi connectivity index (χ4n) is 1.33. The second kappa shape index (κ2) is 6.04. The lowest BCUT2D eigenvalue weighted by atomic mass is 10.2. The minimum absolute atomic E-state index is 0.191. The Balaban J connectivity index is 2.23. The number of amides is 1. The average Bonchev–Trinajstić information content (AvgIpc) is 2.82. The molecule has 2 aromatic rings. The first-order valence-corrected chi connectivity index (χ1v) is 6.18. The summed E-state index contributed by atoms with van der Waals surface area (Å²) in [6, 6.07) is 3.34. The van der Waals surface area contributed by atoms with Crippen molar-refractivity contribution in [2.24, 2.45) is 0 Å². The Kier molecular flexibility index (Phi) is 4.18. The number of carbonyl (C=O) groups excluding carboxylic acids is 1. The molecule has 2 heterocycles. The monoisotopic (exact) mass is 274 g/mol. The Morgan fingerprint density at radius 3 is 3.05 bits per heavy atom. The van der Waals surface area contributed by atoms with Gasteiger partial charge in [-0.3, -0.25) is 10.1 Å². The maximum atomic E-state index is 12.0. The summed E-state index contributed by atoms with van der Waals surface area (Å²) in [5, 5.41) is 20.1. The number of rotatable bonds is 2. The van der Waals surface area contributed by atoms with Crippen LogP contribution in [0.1, 0.15) is 21.1 Å². The number of pyridine rings is 1. The van der Waals surface area contributed by atoms with Crippen LogP contribution < -0.4 is 5.32 Å². The average molecular weight is 274 g/mol. The molecule has 6 nitrogen and oxygen atoms in total. The van der Waals surface area contributed by atoms with Gasteiger partial charge in [-0.1, -0.05) is 23.2 Å². The second-order valence-corrected chi connectivity index (χ2v) is 4.62. The predicted molar refractivity (Wildman–Crippen MR) is 70.8 cm³/mol. The lowest BCUT2D eigenvalue weighted by Crippen LogP contribution is -2.15. The van der Waals surface area contributed by atoms with E-state index in [1.807, 2.05) is 0 Å². The van der Waals surface area contributed by atoms with Crippen LogP contribution in [0.25, 0.3) is 0 Å². The van der Waals surface area contributed by atoms with Crippen molar-refractivity contribution < 1.29 is 9.90 Å². The van der Waals surface area contributed by atoms with Crippen LogP contribution in [-0.4, -0.2) is 32.8 Å². The zero-order valence-corrected chi connectivity index (χ0v) is 10.9. The van der Waals surface area contributed by atoms with Gasteiger partial charge in [-0.05, 0) is 19.1 Å². The van der Waals surface area contributed by atoms with Crippen molar-refractivity contribution in [2.45, 2.75) is 6.92 Å². The minimum atomic E-state index is -0.404. The van der Waals surface area contributed by atoms with Gasteiger partial charge >= 0.3 is 0 Å². The number of aliphatic hydroxyl groups excluding tert-OH is 1. The third-order valence-corrected chi connectivity index (χ3v) is 2.83. The van der Waals surface area contributed by atoms with Gasteiger partial charge in [0, 0.05) is 6.20 Å². The van der Waals surface area contributed by atoms with Gasteiger partial charge in [0.25, 0.3) is 5.91 Å². The molecule has 0 saturated heterocycles. The van der Waals surface area contributed by atoms with Crippen molar-refractivity contribution in [2.75, 3.05) is 11.9 Å². The summed E-state index contributed by atoms with van der Waals surface area (Å²) in [7, 11) is 0. The normalized spacial score (nSPS) is 9.58. The largest absolute Gasteiger partial charge is 0.384 e. The first-order chi connectivity index (χ1) is 9.20. The van der Waals surface area contributed by atoms with E-state index in [-0.39, 0.29) is 12.3 Å². The molecule has 0 radical (unpaired) electrons. The first kappa shape index (κ1) is 13.1. The molecule has 0 spiro atoms. The van der Waals surface area contributed by atoms with E-state index in [1.54, 1.807) is 19.1 Å². The smallest absolute Gasteiger partial charge is 0.277 e. The maximum Gasteiger partial charge on any atom is 0.277 e. The number of anilines is 1. The number of carbonyl (C=O) groups is 1. The molecule has 0 atom stereocenters. The number of aliphatic hydroxyl groups is 1. The molecule has 2 N–H and O–H groups in total. The second-order valence-electron chi connectivity index (χ2n) is 3.44. The molecule has 2 rings (SSSR count). The van der Waals surface area contributed by atoms with Crippen LogP contribution in [0.4, 0.5) is 5.13 Å². The van der Waals surface area contributed by atoms with Gasteiger partial charge in [0.2, 0.25) is 5.13 Å². The van der Waals surface area contributed by atoms with Crippen molar-refractivity contribution in [1.82, 2.24) is 15.2 Å². The summed E-state index contributed by atoms with van der Waals surface area (Å²) < 4.78 is 0. The first-order valence-electron chi connectivity index (χ1n) is 5.37. The molecule has 7 heteroatoms. The highest BCUT2D eigenvalue weighted by molar-refractivity contribution is 7.15. The summed E-state index contributed by atoms with van der Waals surface area (Å²) in [5.74, 6) is 4.76. The van der Waals surface area contributed by atoms with Gasteiger partial charge in [-0.2, -0.15) is 0 Å². The van der Waals surface area contributed by atoms with E-state index in [2.05, 4.69) is 32.3 Å². The molecule has 0 unspecified atom stereocenters. The van der Waals surface area contributed by atoms with Crippen molar-refractivity contribution in [3.63, 3.8) is 0 Å². The Morgan fingerprint density at radius 2 is 2.37 bits per heavy atom. The summed E-state index contributed by atoms with van der Waals surface area (Å²) in [6.45, 7) is 1.53. The van der Waals surface area contributed by atoms with Crippen LogP contribution in [0.15, 0.2) is 18.3 Å². The molecule has 1 amide bonds. The summed E-state index contributed by atoms with van der Waals surface area (Å²) >= 11 is 1.28. The van der Waals surface area contributed by atoms with Crippen LogP contribution in [0.5, 0.6) is 0 Å². The van der Waals surface area contributed by atoms with Gasteiger partial charge in [-0.25, -0.2) is 4.98 Å². The number of nitrogens with zero attached hydrogens (tertiary/aromatic N) is 3. The standard InChI is InChI=1S/C12H10N4O2S/c1-8-15-16-12(19-8)14-11(18)10-9(5-3-7-17)4-2-6-13-10/h2,4,6,17H,7H2,1H3,(H,14,16,18). The van der Waals surface area contributed by atoms with Crippen LogP contribution in [0, 0.1) is 18.8 Å². The Bertz CT molecular complexity index is 657. The fraction of sp³-hybridized carbons (Fsp3) is 0.167. The van der Waals surface area contributed by atoms with Crippen molar-refractivity contribution >= 4 is 22.4 Å². The lowest BCUT2D eigenvalue weighted by Gasteiger charge is -2.02. The summed E-state index contributed by atoms with van der Waals surface area (Å²) in [6.07, 6.45) is 1.50. The molecule has 0 aliphatic carbocycles. The third kappa shape index (κ3) is 3.34. The van der Waals surface area contributed by atoms with E-state index < -0.39 is 5.91 Å². The fourth-order valence-corrected chi connectivity index (χ4v) is 1.91. The third-order valence-electron chi connectivity index (χ3n) is 2.07. The molecular formula is C12H10N4O2S. The quantitative estimate of drug-likeness (QED) is 0.792. The Hall–Kier alpha value is -2.30. The highest BCUT2D eigenvalue weighted by Gasteiger charge is 2.13. The number of hydrogen-bond donors (Lipinski definition) is 2. The number of nitrogens with one attached hydrogen (secondary N) is 1. The van der Waals surface area contributed by atoms with Gasteiger partial charge < -0.3 is 5.11 Å². The SMILES string of the molecule is Cc1nnc(NC(=O)c2ncccc2C#CCO)s1. The molecular weight excluding hydrogens is 264 g/mol. The highest BCUT2D eigenvalue weighted by Crippen LogP contribution is 2.15. The van der Waals surface area contributed by atoms with Crippen LogP contribution in [0.3, 0.4) is 0 Å². The molecule has 0 aliphatic heterocycles. The summed E-state index contributed by atoms with van der Waals surface area (Å²) in [4.78, 5) is 16.0. The molecule has 0 fully saturated rings. The molecule has 19 heavy (non-hydrogen) atoms. The molecule has 0 aromatic carbocycles. The zero-order chi connectivity index (χ0) is 13.7. The van der Waals surface area contributed by atoms with Gasteiger partial charge in [0.05, 0.1) is 5.56 Å². The number of aromatic nitrogens is 3. The minimum Gasteiger partial charge on any atom is -0.384 e. The van der Waals surface area contributed by atoms with Crippen molar-refractivity contribution in [1.29, 1.82) is 0 Å². The van der Waals surface area contributed by atoms with Gasteiger partial charge in [0.15, 0.2) is 0 Å². The van der Waals surface area contributed by atoms with E-state index in [0.29, 0.717) is 10.7 Å². The van der Waals surface area contributed by atoms with Gasteiger partial charge in [0.1, 0.15) is 17.3 Å². The Labute approximate surface area is 113 Å². The maximum absolute atomic E-state index is 12.0. The molecule has 96 valence electrons. The molecule has 2 aromatic heterocycles. The van der Waals surface area contributed by atoms with Crippen LogP contribution in [-0.2, 0) is 0 Å². The van der Waals surface area contributed by atoms with E-state index in [1.165, 1.54) is 17.5 Å². The number of hydrogen-bond acceptors (Lipinski definition) is 6. The topological polar surface area (TPSA) is 88.0 Å². The zero-order valence-electron chi connectivity index (χ0n) is 10.0. The van der Waals surface area contributed by atoms with Crippen LogP contribution in [0.2, 0.25) is 0 Å². The highest BCUT2D eigenvalue weighted by atomic mass is 32.1. The molecule has 0 bridgehead atoms. The van der Waals surface area contributed by atoms with E-state index in [9.17, 15) is 4.79 Å². The van der Waals surface area contributed by atoms with E-state index in [4.69, 9.17) is 5.11 Å². The predicted octanol–water partition coefficient (Wildman–Crippen LogP) is 0.838. The molecule has 0 aliphatic rings. The Morgan fingerprint density at radius 1 is 1.53 bits per heavy atom. The molecule has 0 saturated carbocycles. The van der Waals surface area contributed by atoms with Crippen molar-refractivity contribution in [3.05, 3.63) is 34.6 Å². The van der Waals surface area contributed by atoms with Crippen LogP contribution >= 0.6 is 11.3 Å². The van der Waals surface area contributed by atoms with E-state index >= 15 is 0 Å². The van der Waals surface area contributed by atoms with E-state index in [0.717, 1.165) is 5.01 Å². The number of aryl methyl sites for hydroxylation is 1. The van der Waals surface area contributed by atoms with Gasteiger partial charge in [-0.15, -0.1) is 10.2 Å². The summed E-state index contributed by atoms with van der Waals surface area (Å²) in [5.41, 5.74) is 0.645. The van der Waals surface area contributed by atoms with Crippen molar-refractivity contribution in [3.8, 4) is 11.8 Å².